The summed E-state index contributed by atoms with van der Waals surface area (Å²) in [4.78, 5) is 2.50. The Balaban J connectivity index is 1.48. The van der Waals surface area contributed by atoms with E-state index >= 15 is 0 Å². The van der Waals surface area contributed by atoms with E-state index in [2.05, 4.69) is 53.3 Å². The Morgan fingerprint density at radius 2 is 2.28 bits per heavy atom. The fourth-order valence-electron chi connectivity index (χ4n) is 2.89. The fourth-order valence-corrected chi connectivity index (χ4v) is 4.70. The summed E-state index contributed by atoms with van der Waals surface area (Å²) in [6, 6.07) is 8.27. The second-order valence-electron chi connectivity index (χ2n) is 6.82. The molecule has 5 nitrogen and oxygen atoms in total. The number of hydrogen-bond acceptors (Lipinski definition) is 7. The minimum Gasteiger partial charge on any atom is -0.375 e. The van der Waals surface area contributed by atoms with Crippen LogP contribution in [0.15, 0.2) is 28.6 Å². The van der Waals surface area contributed by atoms with E-state index in [9.17, 15) is 0 Å². The van der Waals surface area contributed by atoms with E-state index in [4.69, 9.17) is 4.74 Å². The number of aryl methyl sites for hydroxylation is 1. The number of benzene rings is 1. The van der Waals surface area contributed by atoms with E-state index < -0.39 is 0 Å². The number of hydrogen-bond donors (Lipinski definition) is 1. The second-order valence-corrected chi connectivity index (χ2v) is 9.07. The number of morpholine rings is 1. The van der Waals surface area contributed by atoms with Crippen LogP contribution in [0.5, 0.6) is 0 Å². The van der Waals surface area contributed by atoms with Gasteiger partial charge in [0.25, 0.3) is 0 Å². The number of nitrogens with zero attached hydrogens (tertiary/aromatic N) is 3. The predicted molar refractivity (Wildman–Crippen MR) is 106 cm³/mol. The van der Waals surface area contributed by atoms with Crippen LogP contribution in [0.25, 0.3) is 0 Å². The van der Waals surface area contributed by atoms with Gasteiger partial charge in [-0.1, -0.05) is 49.1 Å². The maximum atomic E-state index is 5.91. The lowest BCUT2D eigenvalue weighted by molar-refractivity contribution is -0.0191. The Morgan fingerprint density at radius 3 is 3.08 bits per heavy atom. The molecule has 1 saturated heterocycles. The van der Waals surface area contributed by atoms with Crippen LogP contribution in [0.3, 0.4) is 0 Å². The number of anilines is 2. The van der Waals surface area contributed by atoms with E-state index in [-0.39, 0.29) is 6.10 Å². The van der Waals surface area contributed by atoms with Crippen LogP contribution in [0.1, 0.15) is 19.4 Å². The molecule has 25 heavy (non-hydrogen) atoms. The van der Waals surface area contributed by atoms with Crippen molar-refractivity contribution in [3.63, 3.8) is 0 Å². The Bertz CT molecular complexity index is 677. The van der Waals surface area contributed by atoms with Crippen molar-refractivity contribution < 1.29 is 4.74 Å². The molecule has 0 aliphatic carbocycles. The molecular weight excluding hydrogens is 352 g/mol. The first kappa shape index (κ1) is 18.6. The molecule has 1 aromatic heterocycles. The van der Waals surface area contributed by atoms with Crippen molar-refractivity contribution in [2.24, 2.45) is 5.92 Å². The van der Waals surface area contributed by atoms with Crippen molar-refractivity contribution in [1.29, 1.82) is 0 Å². The number of rotatable bonds is 7. The molecule has 1 aliphatic heterocycles. The van der Waals surface area contributed by atoms with Gasteiger partial charge in [-0.05, 0) is 30.5 Å². The van der Waals surface area contributed by atoms with Gasteiger partial charge in [0.2, 0.25) is 5.13 Å². The molecule has 1 fully saturated rings. The topological polar surface area (TPSA) is 50.3 Å². The third kappa shape index (κ3) is 5.95. The van der Waals surface area contributed by atoms with Crippen molar-refractivity contribution in [3.05, 3.63) is 29.8 Å². The highest BCUT2D eigenvalue weighted by molar-refractivity contribution is 8.01. The van der Waals surface area contributed by atoms with Gasteiger partial charge in [0, 0.05) is 31.1 Å². The van der Waals surface area contributed by atoms with Gasteiger partial charge < -0.3 is 10.1 Å². The summed E-state index contributed by atoms with van der Waals surface area (Å²) < 4.78 is 6.89. The van der Waals surface area contributed by atoms with Crippen molar-refractivity contribution in [2.75, 3.05) is 37.3 Å². The van der Waals surface area contributed by atoms with Crippen molar-refractivity contribution in [1.82, 2.24) is 15.1 Å². The first-order valence-electron chi connectivity index (χ1n) is 8.72. The zero-order chi connectivity index (χ0) is 17.6. The molecule has 0 spiro atoms. The minimum atomic E-state index is 0.273. The van der Waals surface area contributed by atoms with Gasteiger partial charge in [0.1, 0.15) is 0 Å². The predicted octanol–water partition coefficient (Wildman–Crippen LogP) is 4.04. The van der Waals surface area contributed by atoms with Gasteiger partial charge in [0.15, 0.2) is 4.34 Å². The molecule has 2 heterocycles. The monoisotopic (exact) mass is 378 g/mol. The van der Waals surface area contributed by atoms with Gasteiger partial charge in [-0.3, -0.25) is 4.90 Å². The maximum absolute atomic E-state index is 5.91. The lowest BCUT2D eigenvalue weighted by atomic mass is 10.2. The van der Waals surface area contributed by atoms with E-state index in [0.29, 0.717) is 5.92 Å². The molecule has 1 atom stereocenters. The lowest BCUT2D eigenvalue weighted by Crippen LogP contribution is -2.44. The maximum Gasteiger partial charge on any atom is 0.210 e. The highest BCUT2D eigenvalue weighted by atomic mass is 32.2. The summed E-state index contributed by atoms with van der Waals surface area (Å²) in [5.41, 5.74) is 2.28. The van der Waals surface area contributed by atoms with Gasteiger partial charge in [-0.2, -0.15) is 0 Å². The summed E-state index contributed by atoms with van der Waals surface area (Å²) in [5.74, 6) is 1.62. The Morgan fingerprint density at radius 1 is 1.40 bits per heavy atom. The number of nitrogens with one attached hydrogen (secondary N) is 1. The molecule has 2 aromatic rings. The molecule has 0 saturated carbocycles. The molecule has 0 amide bonds. The standard InChI is InChI=1S/C18H26N4OS2/c1-13(2)10-22-7-8-23-16(11-22)12-24-18-21-20-17(25-18)19-15-6-4-5-14(3)9-15/h4-6,9,13,16H,7-8,10-12H2,1-3H3,(H,19,20)/t16-/m1/s1. The molecule has 1 N–H and O–H groups in total. The Labute approximate surface area is 158 Å². The highest BCUT2D eigenvalue weighted by Gasteiger charge is 2.21. The fraction of sp³-hybridized carbons (Fsp3) is 0.556. The zero-order valence-corrected chi connectivity index (χ0v) is 16.7. The molecule has 0 radical (unpaired) electrons. The van der Waals surface area contributed by atoms with Crippen LogP contribution >= 0.6 is 23.1 Å². The quantitative estimate of drug-likeness (QED) is 0.734. The van der Waals surface area contributed by atoms with Crippen molar-refractivity contribution >= 4 is 33.9 Å². The van der Waals surface area contributed by atoms with E-state index in [1.165, 1.54) is 5.56 Å². The van der Waals surface area contributed by atoms with Crippen LogP contribution in [-0.2, 0) is 4.74 Å². The molecule has 0 unspecified atom stereocenters. The zero-order valence-electron chi connectivity index (χ0n) is 15.1. The van der Waals surface area contributed by atoms with Gasteiger partial charge in [-0.25, -0.2) is 0 Å². The normalized spacial score (nSPS) is 18.6. The lowest BCUT2D eigenvalue weighted by Gasteiger charge is -2.33. The molecule has 3 rings (SSSR count). The first-order valence-corrected chi connectivity index (χ1v) is 10.5. The van der Waals surface area contributed by atoms with Gasteiger partial charge in [-0.15, -0.1) is 10.2 Å². The Kier molecular flexibility index (Phi) is 6.70. The second kappa shape index (κ2) is 8.98. The summed E-state index contributed by atoms with van der Waals surface area (Å²) >= 11 is 3.33. The number of thioether (sulfide) groups is 1. The first-order chi connectivity index (χ1) is 12.1. The van der Waals surface area contributed by atoms with Gasteiger partial charge in [0.05, 0.1) is 12.7 Å². The summed E-state index contributed by atoms with van der Waals surface area (Å²) in [6.07, 6.45) is 0.273. The smallest absolute Gasteiger partial charge is 0.210 e. The molecule has 0 bridgehead atoms. The van der Waals surface area contributed by atoms with Crippen LogP contribution in [-0.4, -0.2) is 53.2 Å². The minimum absolute atomic E-state index is 0.273. The Hall–Kier alpha value is -1.15. The molecular formula is C18H26N4OS2. The summed E-state index contributed by atoms with van der Waals surface area (Å²) in [7, 11) is 0. The third-order valence-electron chi connectivity index (χ3n) is 3.91. The van der Waals surface area contributed by atoms with Gasteiger partial charge >= 0.3 is 0 Å². The third-order valence-corrected chi connectivity index (χ3v) is 6.02. The SMILES string of the molecule is Cc1cccc(Nc2nnc(SC[C@H]3CN(CC(C)C)CCO3)s2)c1. The molecule has 7 heteroatoms. The number of aromatic nitrogens is 2. The van der Waals surface area contributed by atoms with Crippen LogP contribution in [0.2, 0.25) is 0 Å². The van der Waals surface area contributed by atoms with E-state index in [1.807, 2.05) is 12.1 Å². The van der Waals surface area contributed by atoms with Crippen molar-refractivity contribution in [2.45, 2.75) is 31.2 Å². The molecule has 1 aromatic carbocycles. The summed E-state index contributed by atoms with van der Waals surface area (Å²) in [5, 5.41) is 12.7. The summed E-state index contributed by atoms with van der Waals surface area (Å²) in [6.45, 7) is 10.6. The number of ether oxygens (including phenoxy) is 1. The average molecular weight is 379 g/mol. The van der Waals surface area contributed by atoms with Crippen molar-refractivity contribution in [3.8, 4) is 0 Å². The van der Waals surface area contributed by atoms with E-state index in [1.54, 1.807) is 23.1 Å². The van der Waals surface area contributed by atoms with Crippen LogP contribution in [0, 0.1) is 12.8 Å². The largest absolute Gasteiger partial charge is 0.375 e. The van der Waals surface area contributed by atoms with Crippen LogP contribution < -0.4 is 5.32 Å². The van der Waals surface area contributed by atoms with E-state index in [0.717, 1.165) is 47.2 Å². The highest BCUT2D eigenvalue weighted by Crippen LogP contribution is 2.29. The average Bonchev–Trinajstić information content (AvgIpc) is 3.00. The molecule has 1 aliphatic rings. The molecule has 136 valence electrons. The van der Waals surface area contributed by atoms with Crippen LogP contribution in [0.4, 0.5) is 10.8 Å².